The van der Waals surface area contributed by atoms with E-state index in [0.717, 1.165) is 22.9 Å². The second kappa shape index (κ2) is 6.83. The maximum Gasteiger partial charge on any atom is 0.257 e. The minimum absolute atomic E-state index is 0.197. The van der Waals surface area contributed by atoms with Crippen molar-refractivity contribution in [3.63, 3.8) is 0 Å². The van der Waals surface area contributed by atoms with E-state index in [-0.39, 0.29) is 10.8 Å². The molecule has 0 saturated carbocycles. The average Bonchev–Trinajstić information content (AvgIpc) is 3.32. The second-order valence-corrected chi connectivity index (χ2v) is 9.08. The molecule has 2 aromatic carbocycles. The van der Waals surface area contributed by atoms with E-state index in [1.165, 1.54) is 15.6 Å². The quantitative estimate of drug-likeness (QED) is 0.739. The zero-order valence-corrected chi connectivity index (χ0v) is 15.6. The van der Waals surface area contributed by atoms with Crippen LogP contribution in [0.1, 0.15) is 23.2 Å². The summed E-state index contributed by atoms with van der Waals surface area (Å²) in [6.45, 7) is 1.15. The molecule has 0 spiro atoms. The normalized spacial score (nSPS) is 15.4. The van der Waals surface area contributed by atoms with Crippen LogP contribution in [-0.4, -0.2) is 31.7 Å². The summed E-state index contributed by atoms with van der Waals surface area (Å²) in [5.74, 6) is -0.197. The molecule has 0 bridgehead atoms. The fourth-order valence-electron chi connectivity index (χ4n) is 3.14. The molecule has 1 aliphatic rings. The summed E-state index contributed by atoms with van der Waals surface area (Å²) in [6, 6.07) is 14.1. The van der Waals surface area contributed by atoms with Gasteiger partial charge in [-0.2, -0.15) is 4.31 Å². The first-order valence-corrected chi connectivity index (χ1v) is 10.8. The van der Waals surface area contributed by atoms with E-state index >= 15 is 0 Å². The molecule has 134 valence electrons. The summed E-state index contributed by atoms with van der Waals surface area (Å²) < 4.78 is 27.7. The van der Waals surface area contributed by atoms with Crippen molar-refractivity contribution in [2.24, 2.45) is 0 Å². The van der Waals surface area contributed by atoms with E-state index in [2.05, 4.69) is 5.32 Å². The van der Waals surface area contributed by atoms with Crippen molar-refractivity contribution in [3.05, 3.63) is 59.5 Å². The van der Waals surface area contributed by atoms with Crippen LogP contribution >= 0.6 is 11.3 Å². The Kier molecular flexibility index (Phi) is 4.52. The lowest BCUT2D eigenvalue weighted by atomic mass is 10.1. The van der Waals surface area contributed by atoms with Gasteiger partial charge in [-0.1, -0.05) is 18.2 Å². The number of nitrogens with one attached hydrogen (secondary N) is 1. The molecule has 4 rings (SSSR count). The van der Waals surface area contributed by atoms with Crippen LogP contribution in [0.25, 0.3) is 10.1 Å². The number of fused-ring (bicyclic) bond motifs is 1. The van der Waals surface area contributed by atoms with E-state index in [1.54, 1.807) is 24.3 Å². The van der Waals surface area contributed by atoms with Crippen molar-refractivity contribution >= 4 is 43.0 Å². The molecular formula is C19H18N2O3S2. The third kappa shape index (κ3) is 3.13. The maximum absolute atomic E-state index is 12.5. The van der Waals surface area contributed by atoms with E-state index in [0.29, 0.717) is 24.3 Å². The van der Waals surface area contributed by atoms with Crippen molar-refractivity contribution < 1.29 is 13.2 Å². The third-order valence-electron chi connectivity index (χ3n) is 4.54. The van der Waals surface area contributed by atoms with Crippen LogP contribution in [0.4, 0.5) is 5.69 Å². The number of sulfonamides is 1. The minimum Gasteiger partial charge on any atom is -0.322 e. The van der Waals surface area contributed by atoms with E-state index in [4.69, 9.17) is 0 Å². The van der Waals surface area contributed by atoms with Gasteiger partial charge in [0.25, 0.3) is 5.91 Å². The number of carbonyl (C=O) groups is 1. The van der Waals surface area contributed by atoms with Gasteiger partial charge in [0.15, 0.2) is 0 Å². The van der Waals surface area contributed by atoms with Crippen molar-refractivity contribution in [2.75, 3.05) is 18.4 Å². The minimum atomic E-state index is -3.43. The lowest BCUT2D eigenvalue weighted by molar-refractivity contribution is 0.102. The van der Waals surface area contributed by atoms with Crippen LogP contribution in [0.2, 0.25) is 0 Å². The standard InChI is InChI=1S/C19H18N2O3S2/c22-19(17-13-25-18-6-2-1-5-16(17)18)20-14-7-9-15(10-8-14)26(23,24)21-11-3-4-12-21/h1-2,5-10,13H,3-4,11-12H2,(H,20,22). The van der Waals surface area contributed by atoms with Gasteiger partial charge in [-0.15, -0.1) is 11.3 Å². The predicted octanol–water partition coefficient (Wildman–Crippen LogP) is 3.94. The summed E-state index contributed by atoms with van der Waals surface area (Å²) in [5, 5.41) is 5.60. The topological polar surface area (TPSA) is 66.5 Å². The molecule has 2 heterocycles. The van der Waals surface area contributed by atoms with Crippen LogP contribution in [0.15, 0.2) is 58.8 Å². The Morgan fingerprint density at radius 3 is 2.42 bits per heavy atom. The molecule has 26 heavy (non-hydrogen) atoms. The number of rotatable bonds is 4. The summed E-state index contributed by atoms with van der Waals surface area (Å²) in [5.41, 5.74) is 1.20. The zero-order chi connectivity index (χ0) is 18.1. The number of benzene rings is 2. The molecular weight excluding hydrogens is 368 g/mol. The maximum atomic E-state index is 12.5. The fraction of sp³-hybridized carbons (Fsp3) is 0.211. The molecule has 1 aliphatic heterocycles. The SMILES string of the molecule is O=C(Nc1ccc(S(=O)(=O)N2CCCC2)cc1)c1csc2ccccc12. The molecule has 0 aliphatic carbocycles. The number of carbonyl (C=O) groups excluding carboxylic acids is 1. The summed E-state index contributed by atoms with van der Waals surface area (Å²) in [4.78, 5) is 12.8. The molecule has 3 aromatic rings. The monoisotopic (exact) mass is 386 g/mol. The highest BCUT2D eigenvalue weighted by molar-refractivity contribution is 7.89. The lowest BCUT2D eigenvalue weighted by Crippen LogP contribution is -2.27. The number of nitrogens with zero attached hydrogens (tertiary/aromatic N) is 1. The van der Waals surface area contributed by atoms with E-state index in [9.17, 15) is 13.2 Å². The average molecular weight is 386 g/mol. The smallest absolute Gasteiger partial charge is 0.257 e. The Morgan fingerprint density at radius 1 is 1.00 bits per heavy atom. The first-order chi connectivity index (χ1) is 12.6. The second-order valence-electron chi connectivity index (χ2n) is 6.24. The van der Waals surface area contributed by atoms with Crippen molar-refractivity contribution in [1.82, 2.24) is 4.31 Å². The Morgan fingerprint density at radius 2 is 1.69 bits per heavy atom. The first kappa shape index (κ1) is 17.2. The fourth-order valence-corrected chi connectivity index (χ4v) is 5.60. The molecule has 1 fully saturated rings. The number of thiophene rings is 1. The molecule has 0 unspecified atom stereocenters. The van der Waals surface area contributed by atoms with Gasteiger partial charge in [0.05, 0.1) is 10.5 Å². The van der Waals surface area contributed by atoms with E-state index in [1.807, 2.05) is 29.6 Å². The van der Waals surface area contributed by atoms with Crippen molar-refractivity contribution in [1.29, 1.82) is 0 Å². The van der Waals surface area contributed by atoms with Gasteiger partial charge >= 0.3 is 0 Å². The Labute approximate surface area is 156 Å². The van der Waals surface area contributed by atoms with Gasteiger partial charge in [0.2, 0.25) is 10.0 Å². The Balaban J connectivity index is 1.53. The van der Waals surface area contributed by atoms with E-state index < -0.39 is 10.0 Å². The first-order valence-electron chi connectivity index (χ1n) is 8.43. The molecule has 0 radical (unpaired) electrons. The third-order valence-corrected chi connectivity index (χ3v) is 7.42. The van der Waals surface area contributed by atoms with Crippen LogP contribution in [-0.2, 0) is 10.0 Å². The number of hydrogen-bond acceptors (Lipinski definition) is 4. The highest BCUT2D eigenvalue weighted by Gasteiger charge is 2.27. The van der Waals surface area contributed by atoms with Crippen LogP contribution < -0.4 is 5.32 Å². The van der Waals surface area contributed by atoms with Gasteiger partial charge in [-0.05, 0) is 43.2 Å². The lowest BCUT2D eigenvalue weighted by Gasteiger charge is -2.15. The molecule has 1 aromatic heterocycles. The Hall–Kier alpha value is -2.22. The molecule has 1 saturated heterocycles. The largest absolute Gasteiger partial charge is 0.322 e. The van der Waals surface area contributed by atoms with Crippen LogP contribution in [0.3, 0.4) is 0 Å². The number of anilines is 1. The predicted molar refractivity (Wildman–Crippen MR) is 104 cm³/mol. The van der Waals surface area contributed by atoms with Gasteiger partial charge in [-0.3, -0.25) is 4.79 Å². The number of amides is 1. The molecule has 5 nitrogen and oxygen atoms in total. The summed E-state index contributed by atoms with van der Waals surface area (Å²) in [7, 11) is -3.43. The van der Waals surface area contributed by atoms with Crippen LogP contribution in [0, 0.1) is 0 Å². The molecule has 1 N–H and O–H groups in total. The van der Waals surface area contributed by atoms with Gasteiger partial charge in [0, 0.05) is 34.2 Å². The molecule has 1 amide bonds. The zero-order valence-electron chi connectivity index (χ0n) is 14.0. The molecule has 0 atom stereocenters. The highest BCUT2D eigenvalue weighted by atomic mass is 32.2. The Bertz CT molecular complexity index is 1050. The van der Waals surface area contributed by atoms with Crippen LogP contribution in [0.5, 0.6) is 0 Å². The number of hydrogen-bond donors (Lipinski definition) is 1. The van der Waals surface area contributed by atoms with Crippen molar-refractivity contribution in [2.45, 2.75) is 17.7 Å². The summed E-state index contributed by atoms with van der Waals surface area (Å²) in [6.07, 6.45) is 1.81. The van der Waals surface area contributed by atoms with Gasteiger partial charge < -0.3 is 5.32 Å². The summed E-state index contributed by atoms with van der Waals surface area (Å²) >= 11 is 1.53. The molecule has 7 heteroatoms. The highest BCUT2D eigenvalue weighted by Crippen LogP contribution is 2.27. The van der Waals surface area contributed by atoms with Gasteiger partial charge in [-0.25, -0.2) is 8.42 Å². The van der Waals surface area contributed by atoms with Gasteiger partial charge in [0.1, 0.15) is 0 Å². The van der Waals surface area contributed by atoms with Crippen molar-refractivity contribution in [3.8, 4) is 0 Å².